The summed E-state index contributed by atoms with van der Waals surface area (Å²) in [6.45, 7) is 2.64. The van der Waals surface area contributed by atoms with Crippen LogP contribution in [0.3, 0.4) is 0 Å². The molecule has 0 spiro atoms. The zero-order valence-corrected chi connectivity index (χ0v) is 12.1. The van der Waals surface area contributed by atoms with E-state index in [1.54, 1.807) is 0 Å². The van der Waals surface area contributed by atoms with E-state index in [1.165, 1.54) is 6.07 Å². The van der Waals surface area contributed by atoms with Crippen LogP contribution < -0.4 is 11.1 Å². The Bertz CT molecular complexity index is 461. The first-order chi connectivity index (χ1) is 9.36. The highest BCUT2D eigenvalue weighted by molar-refractivity contribution is 7.80. The van der Waals surface area contributed by atoms with E-state index in [0.29, 0.717) is 12.1 Å². The maximum Gasteiger partial charge on any atom is 0.433 e. The number of thiocarbonyl (C=S) groups is 1. The maximum absolute atomic E-state index is 12.6. The second-order valence-corrected chi connectivity index (χ2v) is 4.88. The Labute approximate surface area is 121 Å². The number of halogens is 3. The van der Waals surface area contributed by atoms with E-state index in [-0.39, 0.29) is 10.8 Å². The van der Waals surface area contributed by atoms with Gasteiger partial charge in [0.25, 0.3) is 0 Å². The molecule has 7 heteroatoms. The summed E-state index contributed by atoms with van der Waals surface area (Å²) in [6.07, 6.45) is -0.402. The number of nitrogens with zero attached hydrogens (tertiary/aromatic N) is 1. The Hall–Kier alpha value is -1.37. The Morgan fingerprint density at radius 2 is 2.00 bits per heavy atom. The van der Waals surface area contributed by atoms with Crippen LogP contribution in [0.1, 0.15) is 43.9 Å². The molecule has 0 bridgehead atoms. The van der Waals surface area contributed by atoms with Crippen LogP contribution in [0.5, 0.6) is 0 Å². The number of anilines is 1. The van der Waals surface area contributed by atoms with Crippen LogP contribution in [0.25, 0.3) is 0 Å². The lowest BCUT2D eigenvalue weighted by atomic mass is 10.2. The maximum atomic E-state index is 12.6. The van der Waals surface area contributed by atoms with Crippen LogP contribution >= 0.6 is 12.2 Å². The van der Waals surface area contributed by atoms with Crippen molar-refractivity contribution < 1.29 is 13.2 Å². The van der Waals surface area contributed by atoms with Crippen molar-refractivity contribution in [2.75, 3.05) is 11.9 Å². The van der Waals surface area contributed by atoms with Gasteiger partial charge in [-0.15, -0.1) is 0 Å². The SMILES string of the molecule is CCCCCCNc1nc(C(F)(F)F)ccc1C(N)=S. The normalized spacial score (nSPS) is 11.4. The Kier molecular flexibility index (Phi) is 6.19. The first kappa shape index (κ1) is 16.7. The zero-order chi connectivity index (χ0) is 15.2. The topological polar surface area (TPSA) is 50.9 Å². The van der Waals surface area contributed by atoms with Gasteiger partial charge in [0, 0.05) is 6.54 Å². The number of pyridine rings is 1. The van der Waals surface area contributed by atoms with Crippen molar-refractivity contribution in [3.63, 3.8) is 0 Å². The molecule has 0 aliphatic rings. The van der Waals surface area contributed by atoms with Crippen molar-refractivity contribution in [3.8, 4) is 0 Å². The lowest BCUT2D eigenvalue weighted by Crippen LogP contribution is -2.18. The highest BCUT2D eigenvalue weighted by Crippen LogP contribution is 2.29. The van der Waals surface area contributed by atoms with Gasteiger partial charge < -0.3 is 11.1 Å². The highest BCUT2D eigenvalue weighted by Gasteiger charge is 2.33. The van der Waals surface area contributed by atoms with Gasteiger partial charge in [-0.1, -0.05) is 38.4 Å². The third kappa shape index (κ3) is 4.96. The lowest BCUT2D eigenvalue weighted by Gasteiger charge is -2.13. The molecule has 20 heavy (non-hydrogen) atoms. The zero-order valence-electron chi connectivity index (χ0n) is 11.3. The van der Waals surface area contributed by atoms with Crippen LogP contribution in [-0.4, -0.2) is 16.5 Å². The Morgan fingerprint density at radius 3 is 2.55 bits per heavy atom. The summed E-state index contributed by atoms with van der Waals surface area (Å²) in [4.78, 5) is 3.61. The van der Waals surface area contributed by atoms with Crippen molar-refractivity contribution in [3.05, 3.63) is 23.4 Å². The summed E-state index contributed by atoms with van der Waals surface area (Å²) in [5, 5.41) is 2.89. The van der Waals surface area contributed by atoms with Crippen LogP contribution in [0.15, 0.2) is 12.1 Å². The van der Waals surface area contributed by atoms with E-state index in [0.717, 1.165) is 31.7 Å². The molecular weight excluding hydrogens is 287 g/mol. The third-order valence-corrected chi connectivity index (χ3v) is 2.99. The van der Waals surface area contributed by atoms with Crippen molar-refractivity contribution in [1.82, 2.24) is 4.98 Å². The van der Waals surface area contributed by atoms with Gasteiger partial charge in [-0.2, -0.15) is 13.2 Å². The average Bonchev–Trinajstić information content (AvgIpc) is 2.37. The van der Waals surface area contributed by atoms with Gasteiger partial charge in [-0.05, 0) is 18.6 Å². The van der Waals surface area contributed by atoms with Gasteiger partial charge in [0.15, 0.2) is 0 Å². The summed E-state index contributed by atoms with van der Waals surface area (Å²) in [6, 6.07) is 2.14. The summed E-state index contributed by atoms with van der Waals surface area (Å²) < 4.78 is 37.9. The molecule has 0 radical (unpaired) electrons. The predicted octanol–water partition coefficient (Wildman–Crippen LogP) is 3.73. The second kappa shape index (κ2) is 7.42. The van der Waals surface area contributed by atoms with Gasteiger partial charge in [0.2, 0.25) is 0 Å². The van der Waals surface area contributed by atoms with Crippen molar-refractivity contribution in [2.24, 2.45) is 5.73 Å². The average molecular weight is 305 g/mol. The van der Waals surface area contributed by atoms with Gasteiger partial charge in [0.05, 0.1) is 5.56 Å². The summed E-state index contributed by atoms with van der Waals surface area (Å²) in [5.74, 6) is 0.101. The molecule has 0 aliphatic heterocycles. The minimum Gasteiger partial charge on any atom is -0.389 e. The smallest absolute Gasteiger partial charge is 0.389 e. The lowest BCUT2D eigenvalue weighted by molar-refractivity contribution is -0.141. The van der Waals surface area contributed by atoms with E-state index in [4.69, 9.17) is 18.0 Å². The van der Waals surface area contributed by atoms with Crippen LogP contribution in [-0.2, 0) is 6.18 Å². The largest absolute Gasteiger partial charge is 0.433 e. The first-order valence-corrected chi connectivity index (χ1v) is 6.89. The number of rotatable bonds is 7. The number of nitrogens with one attached hydrogen (secondary N) is 1. The minimum atomic E-state index is -4.48. The monoisotopic (exact) mass is 305 g/mol. The molecule has 1 rings (SSSR count). The van der Waals surface area contributed by atoms with Crippen molar-refractivity contribution in [2.45, 2.75) is 38.8 Å². The van der Waals surface area contributed by atoms with Crippen LogP contribution in [0.4, 0.5) is 19.0 Å². The second-order valence-electron chi connectivity index (χ2n) is 4.44. The molecule has 1 heterocycles. The van der Waals surface area contributed by atoms with E-state index in [2.05, 4.69) is 17.2 Å². The quantitative estimate of drug-likeness (QED) is 0.595. The van der Waals surface area contributed by atoms with Gasteiger partial charge in [-0.25, -0.2) is 4.98 Å². The fraction of sp³-hybridized carbons (Fsp3) is 0.538. The summed E-state index contributed by atoms with van der Waals surface area (Å²) in [5.41, 5.74) is 4.88. The first-order valence-electron chi connectivity index (χ1n) is 6.48. The van der Waals surface area contributed by atoms with Gasteiger partial charge in [0.1, 0.15) is 16.5 Å². The van der Waals surface area contributed by atoms with Crippen molar-refractivity contribution >= 4 is 23.0 Å². The number of hydrogen-bond acceptors (Lipinski definition) is 3. The highest BCUT2D eigenvalue weighted by atomic mass is 32.1. The molecule has 0 fully saturated rings. The molecule has 0 aliphatic carbocycles. The molecule has 112 valence electrons. The number of nitrogens with two attached hydrogens (primary N) is 1. The molecular formula is C13H18F3N3S. The molecule has 0 amide bonds. The Morgan fingerprint density at radius 1 is 1.30 bits per heavy atom. The van der Waals surface area contributed by atoms with E-state index in [1.807, 2.05) is 0 Å². The molecule has 3 nitrogen and oxygen atoms in total. The van der Waals surface area contributed by atoms with Gasteiger partial charge >= 0.3 is 6.18 Å². The third-order valence-electron chi connectivity index (χ3n) is 2.77. The van der Waals surface area contributed by atoms with E-state index < -0.39 is 11.9 Å². The van der Waals surface area contributed by atoms with Crippen LogP contribution in [0, 0.1) is 0 Å². The molecule has 0 aromatic carbocycles. The number of unbranched alkanes of at least 4 members (excludes halogenated alkanes) is 3. The fourth-order valence-electron chi connectivity index (χ4n) is 1.71. The van der Waals surface area contributed by atoms with Gasteiger partial charge in [-0.3, -0.25) is 0 Å². The van der Waals surface area contributed by atoms with E-state index >= 15 is 0 Å². The minimum absolute atomic E-state index is 0.0299. The number of aromatic nitrogens is 1. The molecule has 0 saturated carbocycles. The Balaban J connectivity index is 2.81. The molecule has 0 atom stereocenters. The summed E-state index contributed by atoms with van der Waals surface area (Å²) in [7, 11) is 0. The molecule has 1 aromatic rings. The van der Waals surface area contributed by atoms with Crippen LogP contribution in [0.2, 0.25) is 0 Å². The number of alkyl halides is 3. The fourth-order valence-corrected chi connectivity index (χ4v) is 1.87. The van der Waals surface area contributed by atoms with Crippen molar-refractivity contribution in [1.29, 1.82) is 0 Å². The molecule has 0 unspecified atom stereocenters. The number of hydrogen-bond donors (Lipinski definition) is 2. The molecule has 3 N–H and O–H groups in total. The standard InChI is InChI=1S/C13H18F3N3S/c1-2-3-4-5-8-18-12-9(11(17)20)6-7-10(19-12)13(14,15)16/h6-7H,2-5,8H2,1H3,(H2,17,20)(H,18,19). The summed E-state index contributed by atoms with van der Waals surface area (Å²) >= 11 is 4.82. The molecule has 1 aromatic heterocycles. The van der Waals surface area contributed by atoms with E-state index in [9.17, 15) is 13.2 Å². The predicted molar refractivity (Wildman–Crippen MR) is 77.8 cm³/mol. The molecule has 0 saturated heterocycles.